The van der Waals surface area contributed by atoms with Crippen molar-refractivity contribution in [2.45, 2.75) is 180 Å². The minimum atomic E-state index is -2.18. The van der Waals surface area contributed by atoms with E-state index in [1.54, 1.807) is 11.1 Å². The minimum absolute atomic E-state index is 0.0731. The third kappa shape index (κ3) is 8.67. The molecule has 46 heavy (non-hydrogen) atoms. The summed E-state index contributed by atoms with van der Waals surface area (Å²) in [5.41, 5.74) is 5.99. The van der Waals surface area contributed by atoms with Crippen LogP contribution < -0.4 is 0 Å². The molecule has 0 aliphatic heterocycles. The molecule has 264 valence electrons. The Balaban J connectivity index is 2.11. The summed E-state index contributed by atoms with van der Waals surface area (Å²) in [6, 6.07) is 0. The van der Waals surface area contributed by atoms with E-state index >= 15 is 0 Å². The first-order valence-corrected chi connectivity index (χ1v) is 25.3. The average molecular weight is 689 g/mol. The van der Waals surface area contributed by atoms with E-state index in [2.05, 4.69) is 114 Å². The summed E-state index contributed by atoms with van der Waals surface area (Å²) >= 11 is 1.86. The molecule has 2 saturated carbocycles. The molecule has 0 heterocycles. The molecular formula is C40H72O3SSi2. The average Bonchev–Trinajstić information content (AvgIpc) is 3.28. The number of aliphatic hydroxyl groups excluding tert-OH is 1. The number of aliphatic hydroxyl groups is 1. The van der Waals surface area contributed by atoms with Crippen LogP contribution in [0.2, 0.25) is 36.3 Å². The first kappa shape index (κ1) is 40.1. The number of hydrogen-bond donors (Lipinski definition) is 1. The van der Waals surface area contributed by atoms with Gasteiger partial charge in [0.1, 0.15) is 4.93 Å². The fourth-order valence-corrected chi connectivity index (χ4v) is 12.4. The van der Waals surface area contributed by atoms with Crippen LogP contribution in [-0.4, -0.2) is 44.6 Å². The van der Waals surface area contributed by atoms with Crippen molar-refractivity contribution in [1.29, 1.82) is 0 Å². The fourth-order valence-electron chi connectivity index (χ4n) is 7.60. The van der Waals surface area contributed by atoms with Crippen molar-refractivity contribution >= 4 is 28.4 Å². The summed E-state index contributed by atoms with van der Waals surface area (Å²) < 4.78 is 14.8. The lowest BCUT2D eigenvalue weighted by Gasteiger charge is -2.51. The first-order chi connectivity index (χ1) is 21.1. The van der Waals surface area contributed by atoms with Crippen LogP contribution >= 0.6 is 11.8 Å². The Bertz CT molecular complexity index is 1170. The lowest BCUT2D eigenvalue weighted by molar-refractivity contribution is 0.0704. The van der Waals surface area contributed by atoms with Gasteiger partial charge in [-0.15, -0.1) is 11.8 Å². The Morgan fingerprint density at radius 3 is 2.17 bits per heavy atom. The highest BCUT2D eigenvalue weighted by atomic mass is 32.2. The monoisotopic (exact) mass is 688 g/mol. The largest absolute Gasteiger partial charge is 0.410 e. The molecule has 0 aromatic carbocycles. The van der Waals surface area contributed by atoms with Crippen LogP contribution in [0.1, 0.15) is 127 Å². The molecule has 0 unspecified atom stereocenters. The van der Waals surface area contributed by atoms with E-state index in [1.165, 1.54) is 31.3 Å². The van der Waals surface area contributed by atoms with Gasteiger partial charge in [0.2, 0.25) is 0 Å². The molecule has 3 rings (SSSR count). The van der Waals surface area contributed by atoms with Gasteiger partial charge in [0.25, 0.3) is 0 Å². The third-order valence-electron chi connectivity index (χ3n) is 12.9. The summed E-state index contributed by atoms with van der Waals surface area (Å²) in [6.45, 7) is 37.5. The molecule has 0 amide bonds. The Morgan fingerprint density at radius 2 is 1.63 bits per heavy atom. The maximum Gasteiger partial charge on any atom is 0.193 e. The first-order valence-electron chi connectivity index (χ1n) is 18.5. The Morgan fingerprint density at radius 1 is 1.02 bits per heavy atom. The Hall–Kier alpha value is -0.376. The summed E-state index contributed by atoms with van der Waals surface area (Å²) in [5, 5.41) is 11.5. The topological polar surface area (TPSA) is 38.7 Å². The van der Waals surface area contributed by atoms with Gasteiger partial charge in [0.15, 0.2) is 16.6 Å². The summed E-state index contributed by atoms with van der Waals surface area (Å²) in [7, 11) is -4.28. The highest BCUT2D eigenvalue weighted by Crippen LogP contribution is 2.56. The Kier molecular flexibility index (Phi) is 12.9. The molecule has 0 saturated heterocycles. The maximum absolute atomic E-state index is 11.4. The molecule has 3 aliphatic rings. The van der Waals surface area contributed by atoms with Gasteiger partial charge < -0.3 is 14.0 Å². The molecular weight excluding hydrogens is 617 g/mol. The molecule has 0 aromatic heterocycles. The second-order valence-corrected chi connectivity index (χ2v) is 28.9. The lowest BCUT2D eigenvalue weighted by Crippen LogP contribution is -2.54. The highest BCUT2D eigenvalue weighted by molar-refractivity contribution is 8.00. The molecule has 6 heteroatoms. The van der Waals surface area contributed by atoms with E-state index < -0.39 is 21.6 Å². The highest BCUT2D eigenvalue weighted by Gasteiger charge is 2.51. The van der Waals surface area contributed by atoms with Crippen molar-refractivity contribution in [3.05, 3.63) is 47.1 Å². The molecule has 0 aromatic rings. The van der Waals surface area contributed by atoms with Crippen LogP contribution in [0.25, 0.3) is 0 Å². The second-order valence-electron chi connectivity index (χ2n) is 18.1. The van der Waals surface area contributed by atoms with Crippen LogP contribution in [-0.2, 0) is 8.85 Å². The second kappa shape index (κ2) is 14.8. The number of thioether (sulfide) groups is 1. The summed E-state index contributed by atoms with van der Waals surface area (Å²) in [4.78, 5) is -0.472. The summed E-state index contributed by atoms with van der Waals surface area (Å²) in [5.74, 6) is 1.60. The number of fused-ring (bicyclic) bond motifs is 1. The molecule has 0 radical (unpaired) electrons. The smallest absolute Gasteiger partial charge is 0.193 e. The van der Waals surface area contributed by atoms with E-state index in [1.807, 2.05) is 11.8 Å². The molecule has 1 N–H and O–H groups in total. The third-order valence-corrected chi connectivity index (χ3v) is 23.5. The van der Waals surface area contributed by atoms with Gasteiger partial charge in [-0.05, 0) is 96.8 Å². The van der Waals surface area contributed by atoms with Gasteiger partial charge in [-0.1, -0.05) is 118 Å². The lowest BCUT2D eigenvalue weighted by atomic mass is 9.64. The van der Waals surface area contributed by atoms with Gasteiger partial charge in [-0.25, -0.2) is 0 Å². The van der Waals surface area contributed by atoms with Gasteiger partial charge in [-0.2, -0.15) is 0 Å². The molecule has 0 bridgehead atoms. The van der Waals surface area contributed by atoms with E-state index in [9.17, 15) is 5.11 Å². The molecule has 0 spiro atoms. The zero-order valence-corrected chi connectivity index (χ0v) is 35.3. The molecule has 5 atom stereocenters. The van der Waals surface area contributed by atoms with Gasteiger partial charge >= 0.3 is 0 Å². The van der Waals surface area contributed by atoms with Crippen LogP contribution in [0.4, 0.5) is 0 Å². The fraction of sp³-hybridized carbons (Fsp3) is 0.800. The quantitative estimate of drug-likeness (QED) is 0.126. The van der Waals surface area contributed by atoms with Crippen LogP contribution in [0.3, 0.4) is 0 Å². The number of rotatable bonds is 12. The van der Waals surface area contributed by atoms with Gasteiger partial charge in [0.05, 0.1) is 12.2 Å². The van der Waals surface area contributed by atoms with E-state index in [4.69, 9.17) is 15.4 Å². The molecule has 2 fully saturated rings. The van der Waals surface area contributed by atoms with Crippen LogP contribution in [0.5, 0.6) is 0 Å². The normalized spacial score (nSPS) is 30.7. The van der Waals surface area contributed by atoms with Crippen LogP contribution in [0.15, 0.2) is 47.1 Å². The van der Waals surface area contributed by atoms with Crippen molar-refractivity contribution in [3.8, 4) is 0 Å². The predicted octanol–water partition coefficient (Wildman–Crippen LogP) is 12.4. The SMILES string of the molecule is C=C1C(=CC=C2CCC[C@]3(C)C(CC)=CC[C@H]23)C[C@](O[Si](C)(C)C(C)(C)C)(SC[C@@H](O)C(CC)CC)C[C@@H]1O[Si](C)(C)C(C)(C)C. The van der Waals surface area contributed by atoms with E-state index in [0.717, 1.165) is 37.7 Å². The zero-order chi connectivity index (χ0) is 34.9. The minimum Gasteiger partial charge on any atom is -0.410 e. The van der Waals surface area contributed by atoms with Crippen molar-refractivity contribution < 1.29 is 14.0 Å². The number of hydrogen-bond acceptors (Lipinski definition) is 4. The van der Waals surface area contributed by atoms with Crippen molar-refractivity contribution in [1.82, 2.24) is 0 Å². The van der Waals surface area contributed by atoms with Crippen molar-refractivity contribution in [3.63, 3.8) is 0 Å². The van der Waals surface area contributed by atoms with E-state index in [-0.39, 0.29) is 22.3 Å². The number of allylic oxidation sites excluding steroid dienone is 5. The molecule has 3 nitrogen and oxygen atoms in total. The van der Waals surface area contributed by atoms with Crippen molar-refractivity contribution in [2.24, 2.45) is 17.3 Å². The maximum atomic E-state index is 11.4. The van der Waals surface area contributed by atoms with Crippen molar-refractivity contribution in [2.75, 3.05) is 5.75 Å². The van der Waals surface area contributed by atoms with E-state index in [0.29, 0.717) is 23.0 Å². The van der Waals surface area contributed by atoms with Crippen LogP contribution in [0, 0.1) is 17.3 Å². The zero-order valence-electron chi connectivity index (χ0n) is 32.5. The predicted molar refractivity (Wildman–Crippen MR) is 209 cm³/mol. The standard InChI is InChI=1S/C40H72O3SSi2/c1-16-30(17-2)35(41)28-44-40(43-46(14,15)38(8,9)10)26-32(29(4)36(27-40)42-45(12,13)37(5,6)7)22-21-31-20-19-25-39(11)33(18-3)23-24-34(31)39/h21-23,30,34-36,41H,4,16-20,24-28H2,1-3,5-15H3/t34-,35-,36+,39-,40+/m1/s1. The van der Waals surface area contributed by atoms with Gasteiger partial charge in [0, 0.05) is 18.6 Å². The van der Waals surface area contributed by atoms with Gasteiger partial charge in [-0.3, -0.25) is 0 Å². The Labute approximate surface area is 291 Å². The molecule has 3 aliphatic carbocycles. The summed E-state index contributed by atoms with van der Waals surface area (Å²) in [6.07, 6.45) is 16.7.